The number of benzene rings is 1. The van der Waals surface area contributed by atoms with Gasteiger partial charge in [-0.1, -0.05) is 0 Å². The van der Waals surface area contributed by atoms with E-state index in [4.69, 9.17) is 10.5 Å². The maximum absolute atomic E-state index is 14.0. The van der Waals surface area contributed by atoms with Gasteiger partial charge < -0.3 is 15.8 Å². The number of nitrogen functional groups attached to an aromatic ring is 1. The Hall–Kier alpha value is -2.79. The standard InChI is InChI=1S/C20H26FN5O4S/c1-11-8-17(30-2)14(9-16(11)21)18(27)15-10-23-20(25-19(15)22)24-12-4-6-13(7-5-12)26-31(3,28)29/h8-10,12-13,26H,4-7H2,1-3H3,(H3,22,23,24,25). The van der Waals surface area contributed by atoms with Crippen molar-refractivity contribution in [3.8, 4) is 5.75 Å². The largest absolute Gasteiger partial charge is 0.496 e. The van der Waals surface area contributed by atoms with Crippen molar-refractivity contribution in [1.82, 2.24) is 14.7 Å². The number of hydrogen-bond donors (Lipinski definition) is 3. The normalized spacial score (nSPS) is 19.1. The molecule has 0 unspecified atom stereocenters. The molecule has 1 heterocycles. The number of rotatable bonds is 7. The number of aromatic nitrogens is 2. The van der Waals surface area contributed by atoms with E-state index in [1.165, 1.54) is 19.4 Å². The summed E-state index contributed by atoms with van der Waals surface area (Å²) in [5.41, 5.74) is 6.44. The zero-order valence-corrected chi connectivity index (χ0v) is 18.4. The Morgan fingerprint density at radius 2 is 1.84 bits per heavy atom. The smallest absolute Gasteiger partial charge is 0.224 e. The number of ether oxygens (including phenoxy) is 1. The van der Waals surface area contributed by atoms with Crippen molar-refractivity contribution in [3.05, 3.63) is 40.8 Å². The third-order valence-corrected chi connectivity index (χ3v) is 5.99. The first kappa shape index (κ1) is 22.9. The molecule has 31 heavy (non-hydrogen) atoms. The molecule has 0 radical (unpaired) electrons. The molecule has 0 saturated heterocycles. The number of hydrogen-bond acceptors (Lipinski definition) is 8. The second-order valence-electron chi connectivity index (χ2n) is 7.71. The van der Waals surface area contributed by atoms with Crippen LogP contribution in [0, 0.1) is 12.7 Å². The SMILES string of the molecule is COc1cc(C)c(F)cc1C(=O)c1cnc(NC2CCC(NS(C)(=O)=O)CC2)nc1N. The van der Waals surface area contributed by atoms with Crippen LogP contribution in [-0.4, -0.2) is 49.6 Å². The van der Waals surface area contributed by atoms with E-state index in [1.54, 1.807) is 6.92 Å². The summed E-state index contributed by atoms with van der Waals surface area (Å²) in [5, 5.41) is 3.17. The van der Waals surface area contributed by atoms with E-state index in [0.29, 0.717) is 18.4 Å². The average molecular weight is 452 g/mol. The Morgan fingerprint density at radius 1 is 1.19 bits per heavy atom. The fourth-order valence-electron chi connectivity index (χ4n) is 3.63. The molecule has 1 aliphatic rings. The van der Waals surface area contributed by atoms with Gasteiger partial charge in [0.05, 0.1) is 24.5 Å². The minimum atomic E-state index is -3.23. The monoisotopic (exact) mass is 451 g/mol. The van der Waals surface area contributed by atoms with Crippen LogP contribution >= 0.6 is 0 Å². The molecule has 1 aromatic carbocycles. The predicted molar refractivity (Wildman–Crippen MR) is 115 cm³/mol. The highest BCUT2D eigenvalue weighted by Crippen LogP contribution is 2.27. The number of nitrogens with one attached hydrogen (secondary N) is 2. The van der Waals surface area contributed by atoms with E-state index in [2.05, 4.69) is 20.0 Å². The molecule has 3 rings (SSSR count). The molecular formula is C20H26FN5O4S. The fourth-order valence-corrected chi connectivity index (χ4v) is 4.47. The van der Waals surface area contributed by atoms with Gasteiger partial charge in [0.15, 0.2) is 0 Å². The highest BCUT2D eigenvalue weighted by Gasteiger charge is 2.25. The Balaban J connectivity index is 1.70. The van der Waals surface area contributed by atoms with Gasteiger partial charge in [-0.25, -0.2) is 22.5 Å². The van der Waals surface area contributed by atoms with Crippen molar-refractivity contribution < 1.29 is 22.3 Å². The zero-order chi connectivity index (χ0) is 22.8. The van der Waals surface area contributed by atoms with Crippen LogP contribution in [0.25, 0.3) is 0 Å². The summed E-state index contributed by atoms with van der Waals surface area (Å²) in [5.74, 6) is -0.575. The van der Waals surface area contributed by atoms with E-state index in [9.17, 15) is 17.6 Å². The number of nitrogens with two attached hydrogens (primary N) is 1. The Bertz CT molecular complexity index is 1090. The van der Waals surface area contributed by atoms with Crippen LogP contribution in [0.2, 0.25) is 0 Å². The van der Waals surface area contributed by atoms with Gasteiger partial charge in [0.2, 0.25) is 21.8 Å². The van der Waals surface area contributed by atoms with E-state index >= 15 is 0 Å². The molecule has 1 aromatic heterocycles. The average Bonchev–Trinajstić information content (AvgIpc) is 2.70. The van der Waals surface area contributed by atoms with Gasteiger partial charge >= 0.3 is 0 Å². The van der Waals surface area contributed by atoms with Crippen LogP contribution in [0.3, 0.4) is 0 Å². The van der Waals surface area contributed by atoms with Gasteiger partial charge in [-0.15, -0.1) is 0 Å². The lowest BCUT2D eigenvalue weighted by atomic mass is 9.92. The van der Waals surface area contributed by atoms with Crippen LogP contribution in [0.4, 0.5) is 16.2 Å². The van der Waals surface area contributed by atoms with Crippen molar-refractivity contribution >= 4 is 27.6 Å². The topological polar surface area (TPSA) is 136 Å². The molecular weight excluding hydrogens is 425 g/mol. The molecule has 0 amide bonds. The number of sulfonamides is 1. The Kier molecular flexibility index (Phi) is 6.75. The fraction of sp³-hybridized carbons (Fsp3) is 0.450. The van der Waals surface area contributed by atoms with Crippen LogP contribution < -0.4 is 20.5 Å². The molecule has 0 atom stereocenters. The Morgan fingerprint density at radius 3 is 2.42 bits per heavy atom. The van der Waals surface area contributed by atoms with E-state index in [1.807, 2.05) is 0 Å². The molecule has 1 fully saturated rings. The van der Waals surface area contributed by atoms with Crippen LogP contribution in [-0.2, 0) is 10.0 Å². The number of anilines is 2. The first-order valence-electron chi connectivity index (χ1n) is 9.82. The van der Waals surface area contributed by atoms with E-state index < -0.39 is 21.6 Å². The first-order valence-corrected chi connectivity index (χ1v) is 11.7. The summed E-state index contributed by atoms with van der Waals surface area (Å²) in [7, 11) is -1.83. The summed E-state index contributed by atoms with van der Waals surface area (Å²) in [6.07, 6.45) is 5.30. The van der Waals surface area contributed by atoms with Crippen molar-refractivity contribution in [2.75, 3.05) is 24.4 Å². The van der Waals surface area contributed by atoms with Gasteiger partial charge in [0, 0.05) is 18.3 Å². The summed E-state index contributed by atoms with van der Waals surface area (Å²) >= 11 is 0. The molecule has 0 aliphatic heterocycles. The van der Waals surface area contributed by atoms with Crippen molar-refractivity contribution in [2.45, 2.75) is 44.7 Å². The lowest BCUT2D eigenvalue weighted by molar-refractivity contribution is 0.103. The number of carbonyl (C=O) groups excluding carboxylic acids is 1. The molecule has 1 saturated carbocycles. The summed E-state index contributed by atoms with van der Waals surface area (Å²) < 4.78 is 44.5. The van der Waals surface area contributed by atoms with Crippen LogP contribution in [0.5, 0.6) is 5.75 Å². The molecule has 4 N–H and O–H groups in total. The van der Waals surface area contributed by atoms with Crippen molar-refractivity contribution in [3.63, 3.8) is 0 Å². The summed E-state index contributed by atoms with van der Waals surface area (Å²) in [6.45, 7) is 1.58. The number of ketones is 1. The number of nitrogens with zero attached hydrogens (tertiary/aromatic N) is 2. The molecule has 9 nitrogen and oxygen atoms in total. The second kappa shape index (κ2) is 9.15. The highest BCUT2D eigenvalue weighted by atomic mass is 32.2. The zero-order valence-electron chi connectivity index (χ0n) is 17.6. The third kappa shape index (κ3) is 5.67. The molecule has 1 aliphatic carbocycles. The van der Waals surface area contributed by atoms with Gasteiger partial charge in [0.25, 0.3) is 0 Å². The second-order valence-corrected chi connectivity index (χ2v) is 9.49. The maximum atomic E-state index is 14.0. The summed E-state index contributed by atoms with van der Waals surface area (Å²) in [6, 6.07) is 2.55. The van der Waals surface area contributed by atoms with Crippen molar-refractivity contribution in [2.24, 2.45) is 0 Å². The summed E-state index contributed by atoms with van der Waals surface area (Å²) in [4.78, 5) is 21.2. The predicted octanol–water partition coefficient (Wildman–Crippen LogP) is 2.02. The Labute approximate surface area is 180 Å². The van der Waals surface area contributed by atoms with E-state index in [0.717, 1.165) is 25.2 Å². The highest BCUT2D eigenvalue weighted by molar-refractivity contribution is 7.88. The maximum Gasteiger partial charge on any atom is 0.224 e. The number of methoxy groups -OCH3 is 1. The third-order valence-electron chi connectivity index (χ3n) is 5.23. The minimum absolute atomic E-state index is 0.0297. The minimum Gasteiger partial charge on any atom is -0.496 e. The molecule has 2 aromatic rings. The molecule has 11 heteroatoms. The lowest BCUT2D eigenvalue weighted by Gasteiger charge is -2.29. The van der Waals surface area contributed by atoms with Crippen molar-refractivity contribution in [1.29, 1.82) is 0 Å². The quantitative estimate of drug-likeness (QED) is 0.544. The van der Waals surface area contributed by atoms with Crippen LogP contribution in [0.15, 0.2) is 18.3 Å². The van der Waals surface area contributed by atoms with Crippen LogP contribution in [0.1, 0.15) is 47.2 Å². The van der Waals surface area contributed by atoms with Gasteiger partial charge in [0.1, 0.15) is 17.4 Å². The van der Waals surface area contributed by atoms with Gasteiger partial charge in [-0.2, -0.15) is 4.98 Å². The van der Waals surface area contributed by atoms with E-state index in [-0.39, 0.29) is 40.7 Å². The van der Waals surface area contributed by atoms with Gasteiger partial charge in [-0.3, -0.25) is 4.79 Å². The molecule has 168 valence electrons. The number of aryl methyl sites for hydroxylation is 1. The first-order chi connectivity index (χ1) is 14.6. The number of halogens is 1. The lowest BCUT2D eigenvalue weighted by Crippen LogP contribution is -2.39. The number of carbonyl (C=O) groups is 1. The molecule has 0 bridgehead atoms. The van der Waals surface area contributed by atoms with Gasteiger partial charge in [-0.05, 0) is 50.3 Å². The molecule has 0 spiro atoms.